The summed E-state index contributed by atoms with van der Waals surface area (Å²) in [6, 6.07) is 8.39. The largest absolute Gasteiger partial charge is 0.380 e. The van der Waals surface area contributed by atoms with Crippen molar-refractivity contribution in [3.63, 3.8) is 0 Å². The van der Waals surface area contributed by atoms with E-state index < -0.39 is 4.92 Å². The van der Waals surface area contributed by atoms with E-state index in [-0.39, 0.29) is 5.69 Å². The molecular formula is C13H12ClN3O2. The molecule has 0 bridgehead atoms. The predicted molar refractivity (Wildman–Crippen MR) is 74.4 cm³/mol. The fraction of sp³-hybridized carbons (Fsp3) is 0.154. The van der Waals surface area contributed by atoms with Crippen LogP contribution in [0.5, 0.6) is 0 Å². The molecule has 0 aliphatic carbocycles. The predicted octanol–water partition coefficient (Wildman–Crippen LogP) is 3.56. The number of non-ortho nitro benzene ring substituents is 1. The van der Waals surface area contributed by atoms with Gasteiger partial charge in [0.2, 0.25) is 0 Å². The quantitative estimate of drug-likeness (QED) is 0.527. The smallest absolute Gasteiger partial charge is 0.269 e. The molecule has 2 aromatic rings. The van der Waals surface area contributed by atoms with E-state index in [1.54, 1.807) is 18.3 Å². The zero-order chi connectivity index (χ0) is 13.8. The van der Waals surface area contributed by atoms with Crippen molar-refractivity contribution in [1.82, 2.24) is 4.98 Å². The lowest BCUT2D eigenvalue weighted by atomic mass is 10.2. The van der Waals surface area contributed by atoms with E-state index in [4.69, 9.17) is 11.6 Å². The van der Waals surface area contributed by atoms with Crippen LogP contribution in [0.3, 0.4) is 0 Å². The third-order valence-corrected chi connectivity index (χ3v) is 3.03. The second-order valence-corrected chi connectivity index (χ2v) is 4.47. The van der Waals surface area contributed by atoms with Crippen molar-refractivity contribution in [1.29, 1.82) is 0 Å². The number of halogens is 1. The standard InChI is InChI=1S/C13H12ClN3O2/c1-9-5-11(8-16-13(9)14)15-7-10-3-2-4-12(6-10)17(18)19/h2-6,8,15H,7H2,1H3. The van der Waals surface area contributed by atoms with E-state index >= 15 is 0 Å². The van der Waals surface area contributed by atoms with Crippen LogP contribution in [0.2, 0.25) is 5.15 Å². The van der Waals surface area contributed by atoms with Gasteiger partial charge in [0.25, 0.3) is 5.69 Å². The van der Waals surface area contributed by atoms with Gasteiger partial charge >= 0.3 is 0 Å². The summed E-state index contributed by atoms with van der Waals surface area (Å²) in [4.78, 5) is 14.3. The van der Waals surface area contributed by atoms with Crippen LogP contribution >= 0.6 is 11.6 Å². The first-order chi connectivity index (χ1) is 9.06. The number of nitro benzene ring substituents is 1. The highest BCUT2D eigenvalue weighted by atomic mass is 35.5. The molecule has 0 unspecified atom stereocenters. The third kappa shape index (κ3) is 3.42. The minimum Gasteiger partial charge on any atom is -0.380 e. The molecule has 0 radical (unpaired) electrons. The molecule has 0 fully saturated rings. The van der Waals surface area contributed by atoms with Gasteiger partial charge in [-0.1, -0.05) is 23.7 Å². The highest BCUT2D eigenvalue weighted by Gasteiger charge is 2.05. The van der Waals surface area contributed by atoms with Crippen LogP contribution in [-0.2, 0) is 6.54 Å². The molecule has 0 spiro atoms. The Morgan fingerprint density at radius 1 is 1.42 bits per heavy atom. The van der Waals surface area contributed by atoms with E-state index in [9.17, 15) is 10.1 Å². The molecule has 0 aliphatic heterocycles. The number of anilines is 1. The Labute approximate surface area is 115 Å². The third-order valence-electron chi connectivity index (χ3n) is 2.63. The molecular weight excluding hydrogens is 266 g/mol. The Balaban J connectivity index is 2.07. The minimum atomic E-state index is -0.405. The van der Waals surface area contributed by atoms with Crippen LogP contribution < -0.4 is 5.32 Å². The number of hydrogen-bond donors (Lipinski definition) is 1. The molecule has 5 nitrogen and oxygen atoms in total. The summed E-state index contributed by atoms with van der Waals surface area (Å²) in [7, 11) is 0. The first-order valence-electron chi connectivity index (χ1n) is 5.65. The van der Waals surface area contributed by atoms with Gasteiger partial charge in [-0.05, 0) is 24.1 Å². The van der Waals surface area contributed by atoms with Crippen molar-refractivity contribution >= 4 is 23.0 Å². The van der Waals surface area contributed by atoms with E-state index in [1.165, 1.54) is 6.07 Å². The number of rotatable bonds is 4. The number of aromatic nitrogens is 1. The van der Waals surface area contributed by atoms with Gasteiger partial charge in [-0.25, -0.2) is 4.98 Å². The highest BCUT2D eigenvalue weighted by Crippen LogP contribution is 2.18. The summed E-state index contributed by atoms with van der Waals surface area (Å²) < 4.78 is 0. The number of nitro groups is 1. The van der Waals surface area contributed by atoms with Gasteiger partial charge in [-0.15, -0.1) is 0 Å². The second-order valence-electron chi connectivity index (χ2n) is 4.11. The lowest BCUT2D eigenvalue weighted by molar-refractivity contribution is -0.384. The lowest BCUT2D eigenvalue weighted by Crippen LogP contribution is -2.01. The maximum atomic E-state index is 10.7. The van der Waals surface area contributed by atoms with Crippen LogP contribution in [0.1, 0.15) is 11.1 Å². The van der Waals surface area contributed by atoms with Crippen molar-refractivity contribution in [2.45, 2.75) is 13.5 Å². The molecule has 2 rings (SSSR count). The van der Waals surface area contributed by atoms with Gasteiger partial charge in [-0.3, -0.25) is 10.1 Å². The molecule has 1 N–H and O–H groups in total. The molecule has 0 aliphatic rings. The number of benzene rings is 1. The monoisotopic (exact) mass is 277 g/mol. The van der Waals surface area contributed by atoms with Gasteiger partial charge in [0.1, 0.15) is 5.15 Å². The summed E-state index contributed by atoms with van der Waals surface area (Å²) >= 11 is 5.84. The summed E-state index contributed by atoms with van der Waals surface area (Å²) in [5, 5.41) is 14.3. The van der Waals surface area contributed by atoms with E-state index in [0.717, 1.165) is 16.8 Å². The normalized spacial score (nSPS) is 10.2. The molecule has 19 heavy (non-hydrogen) atoms. The van der Waals surface area contributed by atoms with Crippen LogP contribution in [-0.4, -0.2) is 9.91 Å². The summed E-state index contributed by atoms with van der Waals surface area (Å²) in [5.41, 5.74) is 2.63. The molecule has 0 atom stereocenters. The summed E-state index contributed by atoms with van der Waals surface area (Å²) in [6.07, 6.45) is 1.63. The summed E-state index contributed by atoms with van der Waals surface area (Å²) in [5.74, 6) is 0. The Morgan fingerprint density at radius 2 is 2.21 bits per heavy atom. The first kappa shape index (κ1) is 13.3. The maximum absolute atomic E-state index is 10.7. The zero-order valence-electron chi connectivity index (χ0n) is 10.3. The van der Waals surface area contributed by atoms with Gasteiger partial charge < -0.3 is 5.32 Å². The lowest BCUT2D eigenvalue weighted by Gasteiger charge is -2.07. The number of nitrogens with zero attached hydrogens (tertiary/aromatic N) is 2. The number of pyridine rings is 1. The molecule has 1 aromatic heterocycles. The summed E-state index contributed by atoms with van der Waals surface area (Å²) in [6.45, 7) is 2.36. The van der Waals surface area contributed by atoms with Crippen molar-refractivity contribution in [3.05, 3.63) is 62.9 Å². The van der Waals surface area contributed by atoms with E-state index in [1.807, 2.05) is 19.1 Å². The van der Waals surface area contributed by atoms with E-state index in [2.05, 4.69) is 10.3 Å². The first-order valence-corrected chi connectivity index (χ1v) is 6.03. The van der Waals surface area contributed by atoms with Crippen LogP contribution in [0.15, 0.2) is 36.5 Å². The SMILES string of the molecule is Cc1cc(NCc2cccc([N+](=O)[O-])c2)cnc1Cl. The zero-order valence-corrected chi connectivity index (χ0v) is 11.0. The molecule has 0 saturated carbocycles. The Hall–Kier alpha value is -2.14. The molecule has 0 saturated heterocycles. The minimum absolute atomic E-state index is 0.0877. The van der Waals surface area contributed by atoms with Crippen molar-refractivity contribution in [2.24, 2.45) is 0 Å². The van der Waals surface area contributed by atoms with Gasteiger partial charge in [-0.2, -0.15) is 0 Å². The molecule has 0 amide bonds. The van der Waals surface area contributed by atoms with E-state index in [0.29, 0.717) is 11.7 Å². The van der Waals surface area contributed by atoms with Crippen molar-refractivity contribution in [2.75, 3.05) is 5.32 Å². The highest BCUT2D eigenvalue weighted by molar-refractivity contribution is 6.30. The van der Waals surface area contributed by atoms with Gasteiger partial charge in [0.05, 0.1) is 16.8 Å². The molecule has 6 heteroatoms. The fourth-order valence-corrected chi connectivity index (χ4v) is 1.74. The van der Waals surface area contributed by atoms with Crippen molar-refractivity contribution in [3.8, 4) is 0 Å². The molecule has 1 aromatic carbocycles. The van der Waals surface area contributed by atoms with Crippen LogP contribution in [0.25, 0.3) is 0 Å². The number of hydrogen-bond acceptors (Lipinski definition) is 4. The molecule has 1 heterocycles. The number of nitrogens with one attached hydrogen (secondary N) is 1. The maximum Gasteiger partial charge on any atom is 0.269 e. The Bertz CT molecular complexity index is 617. The van der Waals surface area contributed by atoms with Gasteiger partial charge in [0.15, 0.2) is 0 Å². The average molecular weight is 278 g/mol. The molecule has 98 valence electrons. The second kappa shape index (κ2) is 5.67. The van der Waals surface area contributed by atoms with Gasteiger partial charge in [0, 0.05) is 18.7 Å². The Kier molecular flexibility index (Phi) is 3.97. The topological polar surface area (TPSA) is 68.1 Å². The fourth-order valence-electron chi connectivity index (χ4n) is 1.64. The van der Waals surface area contributed by atoms with Crippen LogP contribution in [0, 0.1) is 17.0 Å². The Morgan fingerprint density at radius 3 is 2.89 bits per heavy atom. The average Bonchev–Trinajstić information content (AvgIpc) is 2.40. The van der Waals surface area contributed by atoms with Crippen LogP contribution in [0.4, 0.5) is 11.4 Å². The number of aryl methyl sites for hydroxylation is 1. The van der Waals surface area contributed by atoms with Crippen molar-refractivity contribution < 1.29 is 4.92 Å².